The van der Waals surface area contributed by atoms with Crippen molar-refractivity contribution in [1.29, 1.82) is 0 Å². The molecule has 5 heteroatoms. The van der Waals surface area contributed by atoms with Gasteiger partial charge in [0.1, 0.15) is 0 Å². The van der Waals surface area contributed by atoms with E-state index in [1.807, 2.05) is 45.0 Å². The molecule has 0 unspecified atom stereocenters. The van der Waals surface area contributed by atoms with Crippen LogP contribution in [0.3, 0.4) is 0 Å². The zero-order chi connectivity index (χ0) is 29.6. The van der Waals surface area contributed by atoms with E-state index < -0.39 is 24.0 Å². The number of ether oxygens (including phenoxy) is 2. The van der Waals surface area contributed by atoms with E-state index in [0.29, 0.717) is 3.93 Å². The Labute approximate surface area is 254 Å². The summed E-state index contributed by atoms with van der Waals surface area (Å²) >= 11 is -3.73. The van der Waals surface area contributed by atoms with Crippen LogP contribution >= 0.6 is 0 Å². The molecule has 0 radical (unpaired) electrons. The molecule has 42 heavy (non-hydrogen) atoms. The van der Waals surface area contributed by atoms with Crippen molar-refractivity contribution in [3.63, 3.8) is 0 Å². The molecule has 0 heterocycles. The average Bonchev–Trinajstić information content (AvgIpc) is 3.02. The van der Waals surface area contributed by atoms with Crippen molar-refractivity contribution >= 4 is 40.9 Å². The fourth-order valence-electron chi connectivity index (χ4n) is 6.35. The number of carbonyl (C=O) groups is 1. The summed E-state index contributed by atoms with van der Waals surface area (Å²) in [6.45, 7) is 5.74. The Morgan fingerprint density at radius 3 is 1.71 bits per heavy atom. The number of hydrogen-bond donors (Lipinski definition) is 0. The number of hydrogen-bond acceptors (Lipinski definition) is 3. The van der Waals surface area contributed by atoms with Crippen molar-refractivity contribution in [2.75, 3.05) is 12.0 Å². The standard InChI is InChI=1S/C19H26NO3.3C6H5.Sn/c1-19(2,3)23-18(21)20(14-15-8-6-5-7-9-15)16-10-12-17(22-4)13-11-16;3*1-2-4-6-5-3-1;/h8,10-14H,5-7,9H2,1-4H3;3*1-5H;/b15-14-;;;;. The van der Waals surface area contributed by atoms with Gasteiger partial charge in [-0.15, -0.1) is 0 Å². The van der Waals surface area contributed by atoms with Crippen LogP contribution in [0.15, 0.2) is 127 Å². The van der Waals surface area contributed by atoms with E-state index in [1.54, 1.807) is 12.0 Å². The molecule has 0 N–H and O–H groups in total. The summed E-state index contributed by atoms with van der Waals surface area (Å²) in [6.07, 6.45) is 6.05. The summed E-state index contributed by atoms with van der Waals surface area (Å²) in [5, 5.41) is 0. The monoisotopic (exact) mass is 667 g/mol. The van der Waals surface area contributed by atoms with E-state index in [0.717, 1.165) is 30.7 Å². The number of rotatable bonds is 7. The van der Waals surface area contributed by atoms with Crippen LogP contribution in [0.5, 0.6) is 5.75 Å². The number of methoxy groups -OCH3 is 1. The van der Waals surface area contributed by atoms with Crippen LogP contribution in [-0.4, -0.2) is 37.2 Å². The van der Waals surface area contributed by atoms with E-state index in [-0.39, 0.29) is 6.09 Å². The molecule has 0 spiro atoms. The third kappa shape index (κ3) is 6.44. The first-order chi connectivity index (χ1) is 20.3. The maximum atomic E-state index is 13.8. The second kappa shape index (κ2) is 13.2. The number of carbonyl (C=O) groups excluding carboxylic acids is 1. The van der Waals surface area contributed by atoms with Crippen molar-refractivity contribution in [2.24, 2.45) is 0 Å². The van der Waals surface area contributed by atoms with E-state index in [2.05, 4.69) is 97.2 Å². The van der Waals surface area contributed by atoms with Crippen LogP contribution in [-0.2, 0) is 4.74 Å². The average molecular weight is 666 g/mol. The normalized spacial score (nSPS) is 16.6. The molecule has 0 aromatic heterocycles. The summed E-state index contributed by atoms with van der Waals surface area (Å²) in [7, 11) is 1.65. The van der Waals surface area contributed by atoms with Gasteiger partial charge in [-0.1, -0.05) is 0 Å². The molecular formula is C37H41NO3Sn. The molecule has 1 aliphatic rings. The predicted octanol–water partition coefficient (Wildman–Crippen LogP) is 7.44. The molecule has 4 aromatic rings. The van der Waals surface area contributed by atoms with Crippen LogP contribution < -0.4 is 20.4 Å². The van der Waals surface area contributed by atoms with E-state index in [9.17, 15) is 4.79 Å². The van der Waals surface area contributed by atoms with E-state index >= 15 is 0 Å². The van der Waals surface area contributed by atoms with Crippen LogP contribution in [0.4, 0.5) is 10.5 Å². The molecule has 1 amide bonds. The minimum absolute atomic E-state index is 0.323. The third-order valence-corrected chi connectivity index (χ3v) is 23.6. The van der Waals surface area contributed by atoms with Crippen molar-refractivity contribution in [2.45, 2.75) is 56.0 Å². The Kier molecular flexibility index (Phi) is 9.42. The number of amides is 1. The molecule has 1 fully saturated rings. The number of anilines is 1. The summed E-state index contributed by atoms with van der Waals surface area (Å²) in [6, 6.07) is 41.2. The Morgan fingerprint density at radius 2 is 1.26 bits per heavy atom. The minimum atomic E-state index is -3.73. The fourth-order valence-corrected chi connectivity index (χ4v) is 22.8. The molecule has 1 aliphatic carbocycles. The third-order valence-electron chi connectivity index (χ3n) is 8.10. The Morgan fingerprint density at radius 1 is 0.762 bits per heavy atom. The molecule has 4 nitrogen and oxygen atoms in total. The van der Waals surface area contributed by atoms with Gasteiger partial charge in [0.2, 0.25) is 0 Å². The van der Waals surface area contributed by atoms with Gasteiger partial charge in [0.15, 0.2) is 0 Å². The van der Waals surface area contributed by atoms with Gasteiger partial charge in [-0.3, -0.25) is 0 Å². The van der Waals surface area contributed by atoms with Crippen molar-refractivity contribution in [3.8, 4) is 5.75 Å². The van der Waals surface area contributed by atoms with Crippen LogP contribution in [0.2, 0.25) is 3.93 Å². The SMILES string of the molecule is COc1ccc(N(/C=C2\CCCC[C@@H]2[Sn]([c]2ccccc2)([c]2ccccc2)[c]2ccccc2)C(=O)OC(C)(C)C)cc1. The molecule has 0 aliphatic heterocycles. The maximum absolute atomic E-state index is 13.8. The van der Waals surface area contributed by atoms with Gasteiger partial charge >= 0.3 is 256 Å². The fraction of sp³-hybridized carbons (Fsp3) is 0.270. The second-order valence-electron chi connectivity index (χ2n) is 12.0. The zero-order valence-corrected chi connectivity index (χ0v) is 28.0. The van der Waals surface area contributed by atoms with E-state index in [1.165, 1.54) is 22.7 Å². The molecule has 1 atom stereocenters. The first-order valence-corrected chi connectivity index (χ1v) is 20.8. The Bertz CT molecular complexity index is 1380. The van der Waals surface area contributed by atoms with E-state index in [4.69, 9.17) is 9.47 Å². The molecule has 4 aromatic carbocycles. The first kappa shape index (κ1) is 30.0. The van der Waals surface area contributed by atoms with Crippen LogP contribution in [0, 0.1) is 0 Å². The quantitative estimate of drug-likeness (QED) is 0.193. The second-order valence-corrected chi connectivity index (χ2v) is 23.5. The van der Waals surface area contributed by atoms with Gasteiger partial charge in [0.25, 0.3) is 0 Å². The van der Waals surface area contributed by atoms with Gasteiger partial charge in [-0.05, 0) is 0 Å². The summed E-state index contributed by atoms with van der Waals surface area (Å²) in [5.74, 6) is 0.749. The van der Waals surface area contributed by atoms with Gasteiger partial charge < -0.3 is 0 Å². The number of benzene rings is 4. The van der Waals surface area contributed by atoms with Gasteiger partial charge in [-0.2, -0.15) is 0 Å². The molecule has 5 rings (SSSR count). The van der Waals surface area contributed by atoms with Crippen LogP contribution in [0.25, 0.3) is 0 Å². The van der Waals surface area contributed by atoms with Crippen molar-refractivity contribution in [1.82, 2.24) is 0 Å². The molecular weight excluding hydrogens is 625 g/mol. The summed E-state index contributed by atoms with van der Waals surface area (Å²) in [5.41, 5.74) is 1.48. The van der Waals surface area contributed by atoms with Gasteiger partial charge in [0.05, 0.1) is 0 Å². The summed E-state index contributed by atoms with van der Waals surface area (Å²) in [4.78, 5) is 15.5. The summed E-state index contributed by atoms with van der Waals surface area (Å²) < 4.78 is 16.0. The van der Waals surface area contributed by atoms with Crippen molar-refractivity contribution in [3.05, 3.63) is 127 Å². The van der Waals surface area contributed by atoms with Gasteiger partial charge in [-0.25, -0.2) is 0 Å². The predicted molar refractivity (Wildman–Crippen MR) is 176 cm³/mol. The number of allylic oxidation sites excluding steroid dienone is 1. The molecule has 1 saturated carbocycles. The van der Waals surface area contributed by atoms with Crippen molar-refractivity contribution < 1.29 is 14.3 Å². The topological polar surface area (TPSA) is 38.8 Å². The molecule has 0 saturated heterocycles. The zero-order valence-electron chi connectivity index (χ0n) is 25.1. The number of nitrogens with zero attached hydrogens (tertiary/aromatic N) is 1. The Balaban J connectivity index is 1.74. The van der Waals surface area contributed by atoms with Crippen LogP contribution in [0.1, 0.15) is 46.5 Å². The van der Waals surface area contributed by atoms with Gasteiger partial charge in [0, 0.05) is 0 Å². The Hall–Kier alpha value is -3.51. The molecule has 0 bridgehead atoms. The first-order valence-electron chi connectivity index (χ1n) is 14.9. The molecule has 216 valence electrons.